The molecule has 2 bridgehead atoms. The Balaban J connectivity index is 1.40. The molecule has 0 radical (unpaired) electrons. The number of Topliss-reactive ketones (excluding diaryl/α,β-unsaturated/α-hetero) is 1. The normalized spacial score (nSPS) is 30.5. The minimum atomic E-state index is -4.48. The number of methoxy groups -OCH3 is 1. The first-order valence-corrected chi connectivity index (χ1v) is 42.6. The summed E-state index contributed by atoms with van der Waals surface area (Å²) in [6.07, 6.45) is 11.5. The van der Waals surface area contributed by atoms with E-state index in [1.807, 2.05) is 39.5 Å². The Morgan fingerprint density at radius 2 is 1.31 bits per heavy atom. The van der Waals surface area contributed by atoms with E-state index >= 15 is 14.4 Å². The summed E-state index contributed by atoms with van der Waals surface area (Å²) in [5.41, 5.74) is -1.40. The summed E-state index contributed by atoms with van der Waals surface area (Å²) in [5, 5.41) is 7.77. The second-order valence-electron chi connectivity index (χ2n) is 35.5. The summed E-state index contributed by atoms with van der Waals surface area (Å²) in [5.74, 6) is -8.79. The monoisotopic (exact) mass is 1620 g/mol. The van der Waals surface area contributed by atoms with E-state index in [1.165, 1.54) is 78.8 Å². The first-order chi connectivity index (χ1) is 53.2. The molecular weight excluding hydrogens is 1480 g/mol. The highest BCUT2D eigenvalue weighted by molar-refractivity contribution is 6.20. The summed E-state index contributed by atoms with van der Waals surface area (Å²) in [7, 11) is 13.6. The second kappa shape index (κ2) is 44.2. The van der Waals surface area contributed by atoms with E-state index in [4.69, 9.17) is 16.3 Å². The van der Waals surface area contributed by atoms with Gasteiger partial charge in [0.05, 0.1) is 55.6 Å². The maximum Gasteiger partial charge on any atom is 0.393 e. The van der Waals surface area contributed by atoms with Crippen molar-refractivity contribution in [2.75, 3.05) is 116 Å². The summed E-state index contributed by atoms with van der Waals surface area (Å²) in [4.78, 5) is 192. The third-order valence-corrected chi connectivity index (χ3v) is 26.4. The zero-order valence-corrected chi connectivity index (χ0v) is 71.9. The van der Waals surface area contributed by atoms with E-state index < -0.39 is 155 Å². The van der Waals surface area contributed by atoms with Gasteiger partial charge < -0.3 is 59.9 Å². The SMILES string of the molecule is CCC(CC)[C@H]1CC(=O)N(C)C[C@H](C(=O)N(C)C)CC(=O)N(C)[C@@H](COC)C(=O)N[C@@H]([C@@H](C)CC)C(=O)N(C)CC(=O)N(C)[C@H]2CC/C=C\CCCCCN(C(=O)C2)[C@@H](CC2CCC(C)CC2)CC(=O)N(C)CC(=O)N[C@@H](CCC2CCC(C(F)(F)F)C(Cl)C2)C(=O)CN2CCCC[C@H]2C(=O)NCC2(CC(C)(C)C2)C(=O)N1C. The van der Waals surface area contributed by atoms with Gasteiger partial charge in [-0.2, -0.15) is 13.2 Å². The van der Waals surface area contributed by atoms with Gasteiger partial charge in [-0.15, -0.1) is 11.6 Å². The molecule has 0 aromatic carbocycles. The fraction of sp³-hybridized carbons (Fsp3) is 0.833. The van der Waals surface area contributed by atoms with Gasteiger partial charge in [-0.1, -0.05) is 118 Å². The lowest BCUT2D eigenvalue weighted by Gasteiger charge is -2.54. The Hall–Kier alpha value is -6.42. The van der Waals surface area contributed by atoms with Crippen LogP contribution in [0.15, 0.2) is 12.2 Å². The highest BCUT2D eigenvalue weighted by Crippen LogP contribution is 2.55. The van der Waals surface area contributed by atoms with Crippen LogP contribution >= 0.6 is 11.6 Å². The number of ketones is 1. The van der Waals surface area contributed by atoms with Crippen molar-refractivity contribution in [1.82, 2.24) is 60.0 Å². The second-order valence-corrected chi connectivity index (χ2v) is 36.1. The number of nitrogens with one attached hydrogen (secondary N) is 3. The number of ether oxygens (including phenoxy) is 1. The van der Waals surface area contributed by atoms with E-state index in [9.17, 15) is 56.3 Å². The number of rotatable bonds is 13. The molecule has 0 aromatic rings. The van der Waals surface area contributed by atoms with E-state index in [-0.39, 0.29) is 113 Å². The molecule has 3 aliphatic heterocycles. The maximum atomic E-state index is 15.5. The molecule has 1 spiro atoms. The van der Waals surface area contributed by atoms with Crippen molar-refractivity contribution in [3.63, 3.8) is 0 Å². The molecule has 0 aromatic heterocycles. The van der Waals surface area contributed by atoms with Crippen LogP contribution in [0.3, 0.4) is 0 Å². The summed E-state index contributed by atoms with van der Waals surface area (Å²) in [6.45, 7) is 12.8. The Morgan fingerprint density at radius 1 is 0.664 bits per heavy atom. The number of nitrogens with zero attached hydrogens (tertiary/aromatic N) is 9. The van der Waals surface area contributed by atoms with E-state index in [1.54, 1.807) is 30.8 Å². The zero-order chi connectivity index (χ0) is 84.0. The van der Waals surface area contributed by atoms with Gasteiger partial charge in [0.1, 0.15) is 12.1 Å². The number of likely N-dealkylation sites (N-methyl/N-ethyl adjacent to an activating group) is 4. The number of piperidine rings is 1. The lowest BCUT2D eigenvalue weighted by molar-refractivity contribution is -0.182. The van der Waals surface area contributed by atoms with Crippen molar-refractivity contribution in [2.45, 2.75) is 282 Å². The predicted octanol–water partition coefficient (Wildman–Crippen LogP) is 9.26. The van der Waals surface area contributed by atoms with Crippen LogP contribution in [0.25, 0.3) is 0 Å². The number of carbonyl (C=O) groups excluding carboxylic acids is 12. The molecule has 2 saturated heterocycles. The van der Waals surface area contributed by atoms with Gasteiger partial charge in [0, 0.05) is 132 Å². The van der Waals surface area contributed by atoms with Crippen LogP contribution in [0.4, 0.5) is 13.2 Å². The van der Waals surface area contributed by atoms with Gasteiger partial charge in [0.15, 0.2) is 5.78 Å². The summed E-state index contributed by atoms with van der Waals surface area (Å²) >= 11 is 6.45. The Morgan fingerprint density at radius 3 is 1.93 bits per heavy atom. The van der Waals surface area contributed by atoms with Crippen LogP contribution in [0, 0.1) is 52.3 Å². The molecule has 25 nitrogen and oxygen atoms in total. The molecule has 6 aliphatic rings. The Bertz CT molecular complexity index is 3230. The van der Waals surface area contributed by atoms with Crippen LogP contribution in [-0.2, 0) is 62.3 Å². The minimum Gasteiger partial charge on any atom is -0.382 e. The number of halogens is 4. The van der Waals surface area contributed by atoms with Gasteiger partial charge >= 0.3 is 6.18 Å². The average molecular weight is 1620 g/mol. The molecule has 113 heavy (non-hydrogen) atoms. The first kappa shape index (κ1) is 95.4. The van der Waals surface area contributed by atoms with E-state index in [0.29, 0.717) is 96.1 Å². The van der Waals surface area contributed by atoms with Crippen molar-refractivity contribution >= 4 is 82.4 Å². The lowest BCUT2D eigenvalue weighted by atomic mass is 9.53. The highest BCUT2D eigenvalue weighted by atomic mass is 35.5. The predicted molar refractivity (Wildman–Crippen MR) is 429 cm³/mol. The van der Waals surface area contributed by atoms with Gasteiger partial charge in [0.25, 0.3) is 0 Å². The van der Waals surface area contributed by atoms with Gasteiger partial charge in [-0.05, 0) is 138 Å². The highest BCUT2D eigenvalue weighted by Gasteiger charge is 2.57. The summed E-state index contributed by atoms with van der Waals surface area (Å²) in [6, 6.07) is -6.43. The molecule has 3 unspecified atom stereocenters. The van der Waals surface area contributed by atoms with Crippen molar-refractivity contribution in [1.29, 1.82) is 0 Å². The van der Waals surface area contributed by atoms with E-state index in [0.717, 1.165) is 44.9 Å². The van der Waals surface area contributed by atoms with Crippen molar-refractivity contribution in [2.24, 2.45) is 52.3 Å². The smallest absolute Gasteiger partial charge is 0.382 e. The first-order valence-electron chi connectivity index (χ1n) is 42.2. The molecule has 29 heteroatoms. The van der Waals surface area contributed by atoms with Crippen LogP contribution in [0.2, 0.25) is 0 Å². The number of allylic oxidation sites excluding steroid dienone is 2. The van der Waals surface area contributed by atoms with Gasteiger partial charge in [0.2, 0.25) is 65.0 Å². The minimum absolute atomic E-state index is 0.0430. The molecule has 3 saturated carbocycles. The fourth-order valence-corrected chi connectivity index (χ4v) is 19.2. The molecule has 3 heterocycles. The van der Waals surface area contributed by atoms with Crippen LogP contribution in [0.1, 0.15) is 228 Å². The zero-order valence-electron chi connectivity index (χ0n) is 71.1. The standard InChI is InChI=1S/C84H140ClF3N12O13/c1-17-56(5)76-80(111)95(12)50-75(107)96(13)61-29-25-23-21-20-22-24-27-40-100(74(106)44-61)62(41-57-33-31-55(4)32-34-57)45-71(103)94(11)49-70(102)90-65(38-36-58-35-37-63(64(85)42-58)84(86,87)88)69(101)48-99-39-28-26-30-66(99)77(108)89-54-83(52-82(6,7)53-83)81(112)98(15)67(59(18-2)19-3)46-72(104)93(10)47-60(79(110)92(8)9)43-73(105)97(14)68(51-113-16)78(109)91-76/h21,23,55-68,76H,17-20,22,24-54H2,1-16H3,(H,89,108)(H,90,102)(H,91,109)/b23-21-/t55?,56-,57?,58?,60+,61-,62-,63?,64?,65-,66-,67+,68-,76-/m0/s1. The quantitative estimate of drug-likeness (QED) is 0.114. The molecule has 5 fully saturated rings. The summed E-state index contributed by atoms with van der Waals surface area (Å²) < 4.78 is 47.8. The molecule has 12 atom stereocenters. The van der Waals surface area contributed by atoms with Crippen LogP contribution < -0.4 is 16.0 Å². The van der Waals surface area contributed by atoms with Crippen molar-refractivity contribution < 1.29 is 75.4 Å². The van der Waals surface area contributed by atoms with Crippen LogP contribution in [0.5, 0.6) is 0 Å². The molecule has 3 N–H and O–H groups in total. The number of fused-ring (bicyclic) bond motifs is 4. The van der Waals surface area contributed by atoms with Crippen molar-refractivity contribution in [3.05, 3.63) is 12.2 Å². The Kier molecular flexibility index (Phi) is 37.4. The number of hydrogen-bond acceptors (Lipinski definition) is 14. The molecular formula is C84H140ClF3N12O13. The third-order valence-electron chi connectivity index (χ3n) is 26.0. The van der Waals surface area contributed by atoms with Gasteiger partial charge in [-0.3, -0.25) is 62.4 Å². The fourth-order valence-electron chi connectivity index (χ4n) is 18.7. The lowest BCUT2D eigenvalue weighted by Crippen LogP contribution is -2.62. The molecule has 11 amide bonds. The average Bonchev–Trinajstić information content (AvgIpc) is 0.742. The topological polar surface area (TPSA) is 279 Å². The largest absolute Gasteiger partial charge is 0.393 e. The number of alkyl halides is 4. The van der Waals surface area contributed by atoms with E-state index in [2.05, 4.69) is 35.0 Å². The number of hydrogen-bond donors (Lipinski definition) is 3. The number of amides is 11. The molecule has 642 valence electrons. The van der Waals surface area contributed by atoms with Gasteiger partial charge in [-0.25, -0.2) is 0 Å². The molecule has 3 aliphatic carbocycles. The molecule has 6 rings (SSSR count). The number of carbonyl (C=O) groups is 12. The Labute approximate surface area is 677 Å². The third kappa shape index (κ3) is 27.3. The maximum absolute atomic E-state index is 15.5. The van der Waals surface area contributed by atoms with Crippen molar-refractivity contribution in [3.8, 4) is 0 Å². The van der Waals surface area contributed by atoms with Crippen LogP contribution in [-0.4, -0.2) is 285 Å².